The number of nitrogens with zero attached hydrogens (tertiary/aromatic N) is 2. The van der Waals surface area contributed by atoms with E-state index in [0.717, 1.165) is 22.3 Å². The maximum atomic E-state index is 5.75. The molecule has 14 heavy (non-hydrogen) atoms. The van der Waals surface area contributed by atoms with E-state index in [9.17, 15) is 0 Å². The zero-order valence-electron chi connectivity index (χ0n) is 8.36. The Bertz CT molecular complexity index is 463. The number of benzene rings is 1. The van der Waals surface area contributed by atoms with Gasteiger partial charge in [-0.05, 0) is 24.3 Å². The quantitative estimate of drug-likeness (QED) is 0.693. The molecule has 0 saturated carbocycles. The Labute approximate surface area is 83.2 Å². The molecule has 0 atom stereocenters. The van der Waals surface area contributed by atoms with Crippen LogP contribution >= 0.6 is 0 Å². The third-order valence-electron chi connectivity index (χ3n) is 2.22. The van der Waals surface area contributed by atoms with E-state index >= 15 is 0 Å². The number of rotatable bonds is 1. The topological polar surface area (TPSA) is 42.2 Å². The Morgan fingerprint density at radius 2 is 2.00 bits per heavy atom. The van der Waals surface area contributed by atoms with Crippen LogP contribution < -0.4 is 10.6 Å². The standard InChI is InChI=1S/C11H13N3/c1-14(2)11-5-6-13-10-4-3-8(12)7-9(10)11/h3-7H,12H2,1-2H3. The molecule has 0 unspecified atom stereocenters. The highest BCUT2D eigenvalue weighted by Crippen LogP contribution is 2.25. The van der Waals surface area contributed by atoms with Gasteiger partial charge in [0.2, 0.25) is 0 Å². The predicted molar refractivity (Wildman–Crippen MR) is 60.5 cm³/mol. The summed E-state index contributed by atoms with van der Waals surface area (Å²) in [7, 11) is 4.02. The third kappa shape index (κ3) is 1.37. The molecular weight excluding hydrogens is 174 g/mol. The summed E-state index contributed by atoms with van der Waals surface area (Å²) in [4.78, 5) is 6.34. The molecule has 0 aliphatic heterocycles. The lowest BCUT2D eigenvalue weighted by molar-refractivity contribution is 1.14. The van der Waals surface area contributed by atoms with Gasteiger partial charge in [-0.3, -0.25) is 4.98 Å². The number of anilines is 2. The molecule has 3 nitrogen and oxygen atoms in total. The predicted octanol–water partition coefficient (Wildman–Crippen LogP) is 1.88. The van der Waals surface area contributed by atoms with Gasteiger partial charge in [-0.2, -0.15) is 0 Å². The fourth-order valence-corrected chi connectivity index (χ4v) is 1.54. The van der Waals surface area contributed by atoms with Crippen molar-refractivity contribution >= 4 is 22.3 Å². The summed E-state index contributed by atoms with van der Waals surface area (Å²) in [6.07, 6.45) is 1.81. The van der Waals surface area contributed by atoms with Crippen LogP contribution in [0.4, 0.5) is 11.4 Å². The summed E-state index contributed by atoms with van der Waals surface area (Å²) >= 11 is 0. The molecule has 3 heteroatoms. The van der Waals surface area contributed by atoms with Crippen LogP contribution in [0, 0.1) is 0 Å². The zero-order chi connectivity index (χ0) is 10.1. The summed E-state index contributed by atoms with van der Waals surface area (Å²) in [6.45, 7) is 0. The molecule has 0 saturated heterocycles. The molecule has 1 heterocycles. The lowest BCUT2D eigenvalue weighted by Crippen LogP contribution is -2.09. The molecule has 72 valence electrons. The van der Waals surface area contributed by atoms with Crippen LogP contribution in [0.15, 0.2) is 30.5 Å². The first kappa shape index (κ1) is 8.81. The van der Waals surface area contributed by atoms with Crippen molar-refractivity contribution in [3.05, 3.63) is 30.5 Å². The first-order valence-electron chi connectivity index (χ1n) is 4.50. The van der Waals surface area contributed by atoms with E-state index in [4.69, 9.17) is 5.73 Å². The van der Waals surface area contributed by atoms with Gasteiger partial charge in [-0.25, -0.2) is 0 Å². The number of hydrogen-bond donors (Lipinski definition) is 1. The highest BCUT2D eigenvalue weighted by Gasteiger charge is 2.03. The van der Waals surface area contributed by atoms with E-state index in [2.05, 4.69) is 9.88 Å². The van der Waals surface area contributed by atoms with Crippen molar-refractivity contribution in [3.63, 3.8) is 0 Å². The third-order valence-corrected chi connectivity index (χ3v) is 2.22. The summed E-state index contributed by atoms with van der Waals surface area (Å²) < 4.78 is 0. The van der Waals surface area contributed by atoms with Gasteiger partial charge in [0, 0.05) is 37.1 Å². The van der Waals surface area contributed by atoms with Gasteiger partial charge in [-0.1, -0.05) is 0 Å². The summed E-state index contributed by atoms with van der Waals surface area (Å²) in [5.41, 5.74) is 8.64. The second kappa shape index (κ2) is 3.18. The Balaban J connectivity index is 2.77. The molecule has 0 aliphatic carbocycles. The maximum absolute atomic E-state index is 5.75. The Hall–Kier alpha value is -1.77. The highest BCUT2D eigenvalue weighted by atomic mass is 15.1. The van der Waals surface area contributed by atoms with Crippen molar-refractivity contribution in [2.45, 2.75) is 0 Å². The van der Waals surface area contributed by atoms with Gasteiger partial charge in [0.25, 0.3) is 0 Å². The van der Waals surface area contributed by atoms with Crippen LogP contribution in [0.2, 0.25) is 0 Å². The molecule has 2 N–H and O–H groups in total. The fourth-order valence-electron chi connectivity index (χ4n) is 1.54. The fraction of sp³-hybridized carbons (Fsp3) is 0.182. The van der Waals surface area contributed by atoms with Crippen LogP contribution in [0.1, 0.15) is 0 Å². The second-order valence-electron chi connectivity index (χ2n) is 3.50. The Kier molecular flexibility index (Phi) is 2.00. The molecule has 2 aromatic rings. The SMILES string of the molecule is CN(C)c1ccnc2ccc(N)cc12. The van der Waals surface area contributed by atoms with Crippen molar-refractivity contribution in [2.24, 2.45) is 0 Å². The average molecular weight is 187 g/mol. The largest absolute Gasteiger partial charge is 0.399 e. The highest BCUT2D eigenvalue weighted by molar-refractivity contribution is 5.93. The minimum atomic E-state index is 0.772. The van der Waals surface area contributed by atoms with E-state index in [1.165, 1.54) is 0 Å². The molecule has 2 rings (SSSR count). The lowest BCUT2D eigenvalue weighted by atomic mass is 10.1. The van der Waals surface area contributed by atoms with E-state index < -0.39 is 0 Å². The molecule has 0 amide bonds. The van der Waals surface area contributed by atoms with Gasteiger partial charge >= 0.3 is 0 Å². The number of pyridine rings is 1. The van der Waals surface area contributed by atoms with E-state index in [-0.39, 0.29) is 0 Å². The first-order valence-corrected chi connectivity index (χ1v) is 4.50. The smallest absolute Gasteiger partial charge is 0.0724 e. The Morgan fingerprint density at radius 1 is 1.21 bits per heavy atom. The van der Waals surface area contributed by atoms with Gasteiger partial charge in [0.15, 0.2) is 0 Å². The maximum Gasteiger partial charge on any atom is 0.0724 e. The molecule has 1 aromatic carbocycles. The Morgan fingerprint density at radius 3 is 2.71 bits per heavy atom. The number of nitrogen functional groups attached to an aromatic ring is 1. The molecule has 1 aromatic heterocycles. The van der Waals surface area contributed by atoms with Crippen LogP contribution in [0.3, 0.4) is 0 Å². The van der Waals surface area contributed by atoms with Crippen molar-refractivity contribution < 1.29 is 0 Å². The van der Waals surface area contributed by atoms with Crippen LogP contribution in [0.25, 0.3) is 10.9 Å². The van der Waals surface area contributed by atoms with Crippen LogP contribution in [-0.2, 0) is 0 Å². The zero-order valence-corrected chi connectivity index (χ0v) is 8.36. The van der Waals surface area contributed by atoms with Gasteiger partial charge in [0.1, 0.15) is 0 Å². The van der Waals surface area contributed by atoms with E-state index in [0.29, 0.717) is 0 Å². The molecule has 0 bridgehead atoms. The minimum absolute atomic E-state index is 0.772. The number of fused-ring (bicyclic) bond motifs is 1. The lowest BCUT2D eigenvalue weighted by Gasteiger charge is -2.14. The van der Waals surface area contributed by atoms with Crippen LogP contribution in [0.5, 0.6) is 0 Å². The van der Waals surface area contributed by atoms with Crippen molar-refractivity contribution in [1.82, 2.24) is 4.98 Å². The van der Waals surface area contributed by atoms with E-state index in [1.807, 2.05) is 44.6 Å². The monoisotopic (exact) mass is 187 g/mol. The molecule has 0 aliphatic rings. The average Bonchev–Trinajstić information content (AvgIpc) is 2.16. The van der Waals surface area contributed by atoms with Crippen molar-refractivity contribution in [1.29, 1.82) is 0 Å². The molecule has 0 radical (unpaired) electrons. The van der Waals surface area contributed by atoms with Crippen LogP contribution in [-0.4, -0.2) is 19.1 Å². The number of nitrogens with two attached hydrogens (primary N) is 1. The van der Waals surface area contributed by atoms with Gasteiger partial charge in [-0.15, -0.1) is 0 Å². The normalized spacial score (nSPS) is 10.4. The molecular formula is C11H13N3. The molecule has 0 fully saturated rings. The van der Waals surface area contributed by atoms with Crippen molar-refractivity contribution in [3.8, 4) is 0 Å². The van der Waals surface area contributed by atoms with Gasteiger partial charge in [0.05, 0.1) is 5.52 Å². The minimum Gasteiger partial charge on any atom is -0.399 e. The number of aromatic nitrogens is 1. The van der Waals surface area contributed by atoms with E-state index in [1.54, 1.807) is 0 Å². The second-order valence-corrected chi connectivity index (χ2v) is 3.50. The summed E-state index contributed by atoms with van der Waals surface area (Å²) in [6, 6.07) is 7.76. The van der Waals surface area contributed by atoms with Gasteiger partial charge < -0.3 is 10.6 Å². The van der Waals surface area contributed by atoms with Crippen molar-refractivity contribution in [2.75, 3.05) is 24.7 Å². The first-order chi connectivity index (χ1) is 6.68. The summed E-state index contributed by atoms with van der Waals surface area (Å²) in [5, 5.41) is 1.09. The molecule has 0 spiro atoms. The number of hydrogen-bond acceptors (Lipinski definition) is 3. The summed E-state index contributed by atoms with van der Waals surface area (Å²) in [5.74, 6) is 0.